The molecule has 0 aromatic heterocycles. The Morgan fingerprint density at radius 3 is 1.62 bits per heavy atom. The largest absolute Gasteiger partial charge is 0.426 e. The molecule has 7 heteroatoms. The second-order valence-electron chi connectivity index (χ2n) is 6.87. The fourth-order valence-corrected chi connectivity index (χ4v) is 2.14. The Morgan fingerprint density at radius 1 is 0.833 bits per heavy atom. The fraction of sp³-hybridized carbons (Fsp3) is 0.647. The molecule has 1 aromatic carbocycles. The van der Waals surface area contributed by atoms with Gasteiger partial charge in [0.25, 0.3) is 5.60 Å². The molecule has 0 radical (unpaired) electrons. The quantitative estimate of drug-likeness (QED) is 0.672. The summed E-state index contributed by atoms with van der Waals surface area (Å²) < 4.78 is 76.1. The Labute approximate surface area is 137 Å². The lowest BCUT2D eigenvalue weighted by atomic mass is 9.84. The average Bonchev–Trinajstić information content (AvgIpc) is 2.44. The van der Waals surface area contributed by atoms with Crippen LogP contribution in [0.25, 0.3) is 0 Å². The highest BCUT2D eigenvalue weighted by atomic mass is 19.4. The highest BCUT2D eigenvalue weighted by Gasteiger charge is 2.70. The third kappa shape index (κ3) is 4.88. The monoisotopic (exact) mass is 356 g/mol. The van der Waals surface area contributed by atoms with Crippen molar-refractivity contribution in [1.82, 2.24) is 0 Å². The highest BCUT2D eigenvalue weighted by molar-refractivity contribution is 5.25. The van der Waals surface area contributed by atoms with Gasteiger partial charge in [-0.1, -0.05) is 51.5 Å². The minimum absolute atomic E-state index is 0.117. The zero-order chi connectivity index (χ0) is 18.8. The summed E-state index contributed by atoms with van der Waals surface area (Å²) in [6, 6.07) is 5.43. The fourth-order valence-electron chi connectivity index (χ4n) is 2.14. The van der Waals surface area contributed by atoms with Gasteiger partial charge in [0.2, 0.25) is 0 Å². The number of aryl methyl sites for hydroxylation is 1. The van der Waals surface area contributed by atoms with Gasteiger partial charge in [0.1, 0.15) is 0 Å². The lowest BCUT2D eigenvalue weighted by Gasteiger charge is -2.32. The first-order valence-corrected chi connectivity index (χ1v) is 7.65. The zero-order valence-corrected chi connectivity index (χ0v) is 13.9. The van der Waals surface area contributed by atoms with Crippen molar-refractivity contribution >= 4 is 0 Å². The number of aliphatic hydroxyl groups is 1. The van der Waals surface area contributed by atoms with E-state index in [9.17, 15) is 31.4 Å². The second kappa shape index (κ2) is 6.94. The van der Waals surface area contributed by atoms with Gasteiger partial charge in [0, 0.05) is 6.42 Å². The van der Waals surface area contributed by atoms with Gasteiger partial charge in [-0.05, 0) is 29.4 Å². The Kier molecular flexibility index (Phi) is 6.02. The van der Waals surface area contributed by atoms with Crippen molar-refractivity contribution in [3.05, 3.63) is 35.4 Å². The minimum Gasteiger partial charge on any atom is -0.373 e. The molecular formula is C17H22F6O. The third-order valence-electron chi connectivity index (χ3n) is 4.47. The van der Waals surface area contributed by atoms with Gasteiger partial charge >= 0.3 is 12.4 Å². The molecule has 0 spiro atoms. The molecule has 0 heterocycles. The third-order valence-corrected chi connectivity index (χ3v) is 4.47. The molecule has 0 atom stereocenters. The van der Waals surface area contributed by atoms with E-state index in [2.05, 4.69) is 20.8 Å². The number of rotatable bonds is 6. The Balaban J connectivity index is 2.89. The molecule has 24 heavy (non-hydrogen) atoms. The summed E-state index contributed by atoms with van der Waals surface area (Å²) >= 11 is 0. The summed E-state index contributed by atoms with van der Waals surface area (Å²) in [6.07, 6.45) is -10.6. The van der Waals surface area contributed by atoms with E-state index in [0.717, 1.165) is 18.4 Å². The van der Waals surface area contributed by atoms with E-state index in [1.165, 1.54) is 24.3 Å². The van der Waals surface area contributed by atoms with Crippen LogP contribution in [0.3, 0.4) is 0 Å². The topological polar surface area (TPSA) is 20.2 Å². The predicted octanol–water partition coefficient (Wildman–Crippen LogP) is 5.45. The van der Waals surface area contributed by atoms with Crippen molar-refractivity contribution in [1.29, 1.82) is 0 Å². The van der Waals surface area contributed by atoms with Gasteiger partial charge in [-0.15, -0.1) is 0 Å². The maximum atomic E-state index is 12.7. The number of alkyl halides is 6. The first kappa shape index (κ1) is 20.8. The van der Waals surface area contributed by atoms with Crippen molar-refractivity contribution in [3.63, 3.8) is 0 Å². The van der Waals surface area contributed by atoms with E-state index >= 15 is 0 Å². The molecule has 138 valence electrons. The summed E-state index contributed by atoms with van der Waals surface area (Å²) in [4.78, 5) is 0. The highest BCUT2D eigenvalue weighted by Crippen LogP contribution is 2.45. The van der Waals surface area contributed by atoms with Crippen LogP contribution in [0.1, 0.15) is 44.7 Å². The van der Waals surface area contributed by atoms with Crippen LogP contribution in [-0.4, -0.2) is 23.1 Å². The Hall–Kier alpha value is -1.24. The number of hydrogen-bond donors (Lipinski definition) is 1. The van der Waals surface area contributed by atoms with Gasteiger partial charge in [0.15, 0.2) is 0 Å². The average molecular weight is 356 g/mol. The van der Waals surface area contributed by atoms with Crippen molar-refractivity contribution in [2.24, 2.45) is 5.41 Å². The lowest BCUT2D eigenvalue weighted by molar-refractivity contribution is -0.367. The Morgan fingerprint density at radius 2 is 1.25 bits per heavy atom. The molecule has 1 rings (SSSR count). The molecule has 1 aromatic rings. The van der Waals surface area contributed by atoms with Crippen LogP contribution in [0.2, 0.25) is 0 Å². The first-order chi connectivity index (χ1) is 10.7. The van der Waals surface area contributed by atoms with E-state index in [4.69, 9.17) is 0 Å². The van der Waals surface area contributed by atoms with Gasteiger partial charge in [-0.3, -0.25) is 0 Å². The summed E-state index contributed by atoms with van der Waals surface area (Å²) in [5.74, 6) is 0. The molecule has 0 aliphatic rings. The van der Waals surface area contributed by atoms with Crippen LogP contribution in [-0.2, 0) is 12.8 Å². The van der Waals surface area contributed by atoms with Gasteiger partial charge in [-0.2, -0.15) is 26.3 Å². The lowest BCUT2D eigenvalue weighted by Crippen LogP contribution is -2.58. The second-order valence-corrected chi connectivity index (χ2v) is 6.87. The molecule has 0 aliphatic carbocycles. The van der Waals surface area contributed by atoms with Crippen LogP contribution < -0.4 is 0 Å². The van der Waals surface area contributed by atoms with Gasteiger partial charge in [0.05, 0.1) is 0 Å². The van der Waals surface area contributed by atoms with Crippen molar-refractivity contribution in [3.8, 4) is 0 Å². The molecule has 0 saturated heterocycles. The molecular weight excluding hydrogens is 334 g/mol. The predicted molar refractivity (Wildman–Crippen MR) is 79.6 cm³/mol. The van der Waals surface area contributed by atoms with Crippen LogP contribution in [0.4, 0.5) is 26.3 Å². The molecule has 1 nitrogen and oxygen atoms in total. The number of benzene rings is 1. The first-order valence-electron chi connectivity index (χ1n) is 7.65. The molecule has 0 bridgehead atoms. The van der Waals surface area contributed by atoms with Crippen molar-refractivity contribution < 1.29 is 31.4 Å². The van der Waals surface area contributed by atoms with Crippen molar-refractivity contribution in [2.75, 3.05) is 0 Å². The molecule has 0 amide bonds. The maximum Gasteiger partial charge on any atom is 0.426 e. The maximum absolute atomic E-state index is 12.7. The SMILES string of the molecule is CCC(C)(C)CCc1ccc(CC(O)(C(F)(F)F)C(F)(F)F)cc1. The van der Waals surface area contributed by atoms with E-state index in [-0.39, 0.29) is 11.0 Å². The van der Waals surface area contributed by atoms with E-state index in [1.807, 2.05) is 0 Å². The standard InChI is InChI=1S/C17H22F6O/c1-4-14(2,3)10-9-12-5-7-13(8-6-12)11-15(24,16(18,19)20)17(21,22)23/h5-8,24H,4,9-11H2,1-3H3. The minimum atomic E-state index is -5.80. The van der Waals surface area contributed by atoms with Crippen LogP contribution >= 0.6 is 0 Å². The van der Waals surface area contributed by atoms with Crippen LogP contribution in [0, 0.1) is 5.41 Å². The summed E-state index contributed by atoms with van der Waals surface area (Å²) in [5, 5.41) is 9.20. The van der Waals surface area contributed by atoms with E-state index in [1.54, 1.807) is 0 Å². The smallest absolute Gasteiger partial charge is 0.373 e. The van der Waals surface area contributed by atoms with Crippen LogP contribution in [0.5, 0.6) is 0 Å². The van der Waals surface area contributed by atoms with Gasteiger partial charge in [-0.25, -0.2) is 0 Å². The molecule has 0 fully saturated rings. The summed E-state index contributed by atoms with van der Waals surface area (Å²) in [5.41, 5.74) is -4.01. The summed E-state index contributed by atoms with van der Waals surface area (Å²) in [7, 11) is 0. The number of halogens is 6. The Bertz CT molecular complexity index is 513. The molecule has 0 aliphatic heterocycles. The van der Waals surface area contributed by atoms with Crippen LogP contribution in [0.15, 0.2) is 24.3 Å². The molecule has 0 unspecified atom stereocenters. The van der Waals surface area contributed by atoms with Crippen molar-refractivity contribution in [2.45, 2.75) is 64.4 Å². The molecule has 0 saturated carbocycles. The normalized spacial score (nSPS) is 14.1. The zero-order valence-electron chi connectivity index (χ0n) is 13.9. The van der Waals surface area contributed by atoms with Gasteiger partial charge < -0.3 is 5.11 Å². The van der Waals surface area contributed by atoms with E-state index < -0.39 is 24.4 Å². The van der Waals surface area contributed by atoms with E-state index in [0.29, 0.717) is 6.42 Å². The number of hydrogen-bond acceptors (Lipinski definition) is 1. The summed E-state index contributed by atoms with van der Waals surface area (Å²) in [6.45, 7) is 6.24. The molecule has 1 N–H and O–H groups in total.